The maximum Gasteiger partial charge on any atom is 0.351 e. The number of nitriles is 1. The Morgan fingerprint density at radius 1 is 1.20 bits per heavy atom. The second-order valence-electron chi connectivity index (χ2n) is 5.13. The fraction of sp³-hybridized carbons (Fsp3) is 0.0588. The molecule has 0 amide bonds. The Hall–Kier alpha value is -3.18. The number of sulfone groups is 1. The quantitative estimate of drug-likeness (QED) is 0.606. The van der Waals surface area contributed by atoms with E-state index in [0.717, 1.165) is 31.5 Å². The molecule has 0 aromatic heterocycles. The number of halogens is 1. The summed E-state index contributed by atoms with van der Waals surface area (Å²) >= 11 is 0. The van der Waals surface area contributed by atoms with Gasteiger partial charge in [0.2, 0.25) is 9.84 Å². The van der Waals surface area contributed by atoms with E-state index in [1.807, 2.05) is 6.07 Å². The molecule has 1 aliphatic heterocycles. The highest BCUT2D eigenvalue weighted by molar-refractivity contribution is 7.96. The first-order valence-electron chi connectivity index (χ1n) is 7.02. The van der Waals surface area contributed by atoms with Gasteiger partial charge in [0.05, 0.1) is 29.3 Å². The molecule has 0 aliphatic carbocycles. The lowest BCUT2D eigenvalue weighted by Crippen LogP contribution is -2.26. The third kappa shape index (κ3) is 2.75. The molecule has 0 bridgehead atoms. The second kappa shape index (κ2) is 6.03. The van der Waals surface area contributed by atoms with Crippen LogP contribution in [0.5, 0.6) is 0 Å². The largest absolute Gasteiger partial charge is 0.465 e. The van der Waals surface area contributed by atoms with Crippen molar-refractivity contribution in [2.75, 3.05) is 12.0 Å². The third-order valence-electron chi connectivity index (χ3n) is 3.67. The van der Waals surface area contributed by atoms with Crippen molar-refractivity contribution in [3.63, 3.8) is 0 Å². The van der Waals surface area contributed by atoms with Crippen LogP contribution in [0.3, 0.4) is 0 Å². The molecule has 1 heterocycles. The van der Waals surface area contributed by atoms with Gasteiger partial charge >= 0.3 is 5.97 Å². The molecule has 126 valence electrons. The molecule has 0 unspecified atom stereocenters. The Bertz CT molecular complexity index is 1040. The lowest BCUT2D eigenvalue weighted by Gasteiger charge is -2.28. The highest BCUT2D eigenvalue weighted by Gasteiger charge is 2.36. The van der Waals surface area contributed by atoms with Crippen LogP contribution in [-0.2, 0) is 19.4 Å². The van der Waals surface area contributed by atoms with Crippen LogP contribution in [0.4, 0.5) is 15.8 Å². The van der Waals surface area contributed by atoms with E-state index in [1.54, 1.807) is 12.1 Å². The Labute approximate surface area is 143 Å². The predicted octanol–water partition coefficient (Wildman–Crippen LogP) is 2.64. The summed E-state index contributed by atoms with van der Waals surface area (Å²) in [5.41, 5.74) is 0.935. The second-order valence-corrected chi connectivity index (χ2v) is 7.02. The zero-order valence-corrected chi connectivity index (χ0v) is 13.7. The minimum absolute atomic E-state index is 0.0670. The van der Waals surface area contributed by atoms with Gasteiger partial charge < -0.3 is 9.64 Å². The Morgan fingerprint density at radius 2 is 1.88 bits per heavy atom. The SMILES string of the molecule is COC(=O)C1=CN(c2ccc(C#N)cc2)c2cc(F)ccc2S1(=O)=O. The molecule has 2 aromatic carbocycles. The molecule has 1 aliphatic rings. The molecule has 0 spiro atoms. The maximum absolute atomic E-state index is 13.7. The molecule has 0 saturated heterocycles. The molecule has 0 radical (unpaired) electrons. The van der Waals surface area contributed by atoms with Crippen LogP contribution in [0.1, 0.15) is 5.56 Å². The summed E-state index contributed by atoms with van der Waals surface area (Å²) < 4.78 is 43.5. The van der Waals surface area contributed by atoms with Gasteiger partial charge in [-0.05, 0) is 42.5 Å². The van der Waals surface area contributed by atoms with E-state index in [4.69, 9.17) is 5.26 Å². The van der Waals surface area contributed by atoms with Gasteiger partial charge in [-0.2, -0.15) is 5.26 Å². The van der Waals surface area contributed by atoms with Gasteiger partial charge in [0.15, 0.2) is 4.91 Å². The molecule has 6 nitrogen and oxygen atoms in total. The molecule has 8 heteroatoms. The van der Waals surface area contributed by atoms with Crippen molar-refractivity contribution in [3.05, 3.63) is 65.0 Å². The molecule has 3 rings (SSSR count). The summed E-state index contributed by atoms with van der Waals surface area (Å²) in [6, 6.07) is 11.3. The Kier molecular flexibility index (Phi) is 4.02. The summed E-state index contributed by atoms with van der Waals surface area (Å²) in [7, 11) is -3.06. The van der Waals surface area contributed by atoms with Crippen molar-refractivity contribution in [3.8, 4) is 6.07 Å². The van der Waals surface area contributed by atoms with Gasteiger partial charge in [0.25, 0.3) is 0 Å². The number of carbonyl (C=O) groups is 1. The Morgan fingerprint density at radius 3 is 2.48 bits per heavy atom. The average molecular weight is 358 g/mol. The molecule has 0 saturated carbocycles. The van der Waals surface area contributed by atoms with E-state index in [1.165, 1.54) is 17.0 Å². The van der Waals surface area contributed by atoms with E-state index in [9.17, 15) is 17.6 Å². The number of esters is 1. The first-order valence-corrected chi connectivity index (χ1v) is 8.51. The van der Waals surface area contributed by atoms with E-state index in [2.05, 4.69) is 4.74 Å². The number of nitrogens with zero attached hydrogens (tertiary/aromatic N) is 2. The normalized spacial score (nSPS) is 14.9. The highest BCUT2D eigenvalue weighted by Crippen LogP contribution is 2.40. The van der Waals surface area contributed by atoms with Gasteiger partial charge in [-0.1, -0.05) is 0 Å². The molecular formula is C17H11FN2O4S. The van der Waals surface area contributed by atoms with Crippen LogP contribution in [0, 0.1) is 17.1 Å². The van der Waals surface area contributed by atoms with Crippen LogP contribution < -0.4 is 4.90 Å². The van der Waals surface area contributed by atoms with Crippen LogP contribution in [-0.4, -0.2) is 21.5 Å². The number of hydrogen-bond acceptors (Lipinski definition) is 6. The van der Waals surface area contributed by atoms with Crippen LogP contribution in [0.2, 0.25) is 0 Å². The van der Waals surface area contributed by atoms with Crippen molar-refractivity contribution in [1.29, 1.82) is 5.26 Å². The molecule has 0 N–H and O–H groups in total. The maximum atomic E-state index is 13.7. The van der Waals surface area contributed by atoms with E-state index in [0.29, 0.717) is 11.3 Å². The number of methoxy groups -OCH3 is 1. The van der Waals surface area contributed by atoms with Gasteiger partial charge in [-0.3, -0.25) is 0 Å². The zero-order valence-electron chi connectivity index (χ0n) is 12.9. The number of hydrogen-bond donors (Lipinski definition) is 0. The Balaban J connectivity index is 2.27. The third-order valence-corrected chi connectivity index (χ3v) is 5.44. The summed E-state index contributed by atoms with van der Waals surface area (Å²) in [5, 5.41) is 8.88. The predicted molar refractivity (Wildman–Crippen MR) is 87.0 cm³/mol. The van der Waals surface area contributed by atoms with E-state index < -0.39 is 26.5 Å². The minimum atomic E-state index is -4.14. The molecule has 2 aromatic rings. The standard InChI is InChI=1S/C17H11FN2O4S/c1-24-17(21)16-10-20(13-5-2-11(9-19)3-6-13)14-8-12(18)4-7-15(14)25(16,22)23/h2-8,10H,1H3. The number of carbonyl (C=O) groups excluding carboxylic acids is 1. The van der Waals surface area contributed by atoms with Gasteiger partial charge in [-0.25, -0.2) is 17.6 Å². The number of rotatable bonds is 2. The number of benzene rings is 2. The van der Waals surface area contributed by atoms with Gasteiger partial charge in [-0.15, -0.1) is 0 Å². The lowest BCUT2D eigenvalue weighted by molar-refractivity contribution is -0.135. The minimum Gasteiger partial charge on any atom is -0.465 e. The lowest BCUT2D eigenvalue weighted by atomic mass is 10.2. The highest BCUT2D eigenvalue weighted by atomic mass is 32.2. The first kappa shape index (κ1) is 16.7. The molecule has 0 atom stereocenters. The molecular weight excluding hydrogens is 347 g/mol. The average Bonchev–Trinajstić information content (AvgIpc) is 2.61. The van der Waals surface area contributed by atoms with Crippen molar-refractivity contribution in [2.45, 2.75) is 4.90 Å². The summed E-state index contributed by atoms with van der Waals surface area (Å²) in [5.74, 6) is -1.64. The fourth-order valence-corrected chi connectivity index (χ4v) is 3.92. The van der Waals surface area contributed by atoms with Crippen molar-refractivity contribution in [1.82, 2.24) is 0 Å². The fourth-order valence-electron chi connectivity index (χ4n) is 2.45. The van der Waals surface area contributed by atoms with Crippen LogP contribution in [0.25, 0.3) is 0 Å². The summed E-state index contributed by atoms with van der Waals surface area (Å²) in [6.45, 7) is 0. The van der Waals surface area contributed by atoms with Gasteiger partial charge in [0.1, 0.15) is 5.82 Å². The van der Waals surface area contributed by atoms with Crippen molar-refractivity contribution < 1.29 is 22.3 Å². The van der Waals surface area contributed by atoms with E-state index in [-0.39, 0.29) is 10.6 Å². The van der Waals surface area contributed by atoms with Gasteiger partial charge in [0, 0.05) is 11.9 Å². The summed E-state index contributed by atoms with van der Waals surface area (Å²) in [6.07, 6.45) is 1.09. The summed E-state index contributed by atoms with van der Waals surface area (Å²) in [4.78, 5) is 12.5. The molecule has 25 heavy (non-hydrogen) atoms. The number of fused-ring (bicyclic) bond motifs is 1. The number of anilines is 2. The zero-order chi connectivity index (χ0) is 18.2. The van der Waals surface area contributed by atoms with Crippen molar-refractivity contribution >= 4 is 27.2 Å². The topological polar surface area (TPSA) is 87.5 Å². The molecule has 0 fully saturated rings. The van der Waals surface area contributed by atoms with E-state index >= 15 is 0 Å². The first-order chi connectivity index (χ1) is 11.9. The van der Waals surface area contributed by atoms with Crippen molar-refractivity contribution in [2.24, 2.45) is 0 Å². The van der Waals surface area contributed by atoms with Crippen LogP contribution in [0.15, 0.2) is 58.5 Å². The number of ether oxygens (including phenoxy) is 1. The monoisotopic (exact) mass is 358 g/mol. The smallest absolute Gasteiger partial charge is 0.351 e. The van der Waals surface area contributed by atoms with Crippen LogP contribution >= 0.6 is 0 Å².